The summed E-state index contributed by atoms with van der Waals surface area (Å²) in [5.41, 5.74) is 2.67. The van der Waals surface area contributed by atoms with E-state index in [-0.39, 0.29) is 24.2 Å². The summed E-state index contributed by atoms with van der Waals surface area (Å²) in [6.07, 6.45) is 1.52. The molecule has 7 nitrogen and oxygen atoms in total. The second-order valence-electron chi connectivity index (χ2n) is 5.53. The zero-order valence-corrected chi connectivity index (χ0v) is 13.4. The maximum absolute atomic E-state index is 12.9. The van der Waals surface area contributed by atoms with Gasteiger partial charge in [0.15, 0.2) is 0 Å². The van der Waals surface area contributed by atoms with Crippen LogP contribution in [0.1, 0.15) is 17.0 Å². The van der Waals surface area contributed by atoms with Crippen LogP contribution in [0.25, 0.3) is 0 Å². The van der Waals surface area contributed by atoms with Crippen LogP contribution < -0.4 is 5.32 Å². The zero-order valence-electron chi connectivity index (χ0n) is 13.4. The predicted octanol–water partition coefficient (Wildman–Crippen LogP) is 1.92. The Bertz CT molecular complexity index is 852. The van der Waals surface area contributed by atoms with Crippen LogP contribution in [-0.4, -0.2) is 30.5 Å². The summed E-state index contributed by atoms with van der Waals surface area (Å²) >= 11 is 0. The number of anilines is 1. The highest BCUT2D eigenvalue weighted by molar-refractivity contribution is 5.88. The molecule has 8 heteroatoms. The number of halogens is 1. The maximum Gasteiger partial charge on any atom is 0.248 e. The molecule has 0 radical (unpaired) electrons. The van der Waals surface area contributed by atoms with E-state index in [1.165, 1.54) is 18.5 Å². The summed E-state index contributed by atoms with van der Waals surface area (Å²) in [6, 6.07) is 8.05. The molecule has 0 saturated carbocycles. The monoisotopic (exact) mass is 328 g/mol. The van der Waals surface area contributed by atoms with Crippen molar-refractivity contribution in [2.75, 3.05) is 5.32 Å². The number of amides is 1. The standard InChI is InChI=1S/C16H17FN6O/c1-11-7-12(2)23(20-11)9-15(24)19-16-18-10-22(21-16)8-13-3-5-14(17)6-4-13/h3-7,10H,8-9H2,1-2H3,(H,19,21,24). The minimum absolute atomic E-state index is 0.103. The van der Waals surface area contributed by atoms with Crippen LogP contribution in [0.2, 0.25) is 0 Å². The van der Waals surface area contributed by atoms with Gasteiger partial charge in [-0.05, 0) is 37.6 Å². The molecule has 0 aliphatic rings. The Kier molecular flexibility index (Phi) is 4.37. The Morgan fingerprint density at radius 2 is 1.96 bits per heavy atom. The SMILES string of the molecule is Cc1cc(C)n(CC(=O)Nc2ncn(Cc3ccc(F)cc3)n2)n1. The van der Waals surface area contributed by atoms with Crippen LogP contribution in [0, 0.1) is 19.7 Å². The van der Waals surface area contributed by atoms with Gasteiger partial charge in [0.25, 0.3) is 0 Å². The van der Waals surface area contributed by atoms with Gasteiger partial charge in [-0.1, -0.05) is 12.1 Å². The van der Waals surface area contributed by atoms with Gasteiger partial charge in [-0.2, -0.15) is 5.10 Å². The molecule has 0 bridgehead atoms. The molecule has 0 spiro atoms. The molecule has 0 saturated heterocycles. The molecule has 1 amide bonds. The lowest BCUT2D eigenvalue weighted by Crippen LogP contribution is -2.21. The van der Waals surface area contributed by atoms with Gasteiger partial charge in [-0.25, -0.2) is 14.1 Å². The average molecular weight is 328 g/mol. The molecule has 2 aromatic heterocycles. The Morgan fingerprint density at radius 1 is 1.21 bits per heavy atom. The molecule has 24 heavy (non-hydrogen) atoms. The lowest BCUT2D eigenvalue weighted by atomic mass is 10.2. The first-order valence-corrected chi connectivity index (χ1v) is 7.44. The number of hydrogen-bond acceptors (Lipinski definition) is 4. The summed E-state index contributed by atoms with van der Waals surface area (Å²) in [5.74, 6) is -0.307. The Morgan fingerprint density at radius 3 is 2.62 bits per heavy atom. The molecule has 0 aliphatic heterocycles. The van der Waals surface area contributed by atoms with Crippen molar-refractivity contribution in [3.05, 3.63) is 59.4 Å². The Labute approximate surface area is 138 Å². The minimum atomic E-state index is -0.283. The smallest absolute Gasteiger partial charge is 0.248 e. The first kappa shape index (κ1) is 15.9. The van der Waals surface area contributed by atoms with Crippen LogP contribution in [0.15, 0.2) is 36.7 Å². The van der Waals surface area contributed by atoms with Gasteiger partial charge in [0.05, 0.1) is 12.2 Å². The van der Waals surface area contributed by atoms with Crippen molar-refractivity contribution >= 4 is 11.9 Å². The third-order valence-corrected chi connectivity index (χ3v) is 3.44. The molecule has 0 aliphatic carbocycles. The van der Waals surface area contributed by atoms with Gasteiger partial charge < -0.3 is 0 Å². The number of carbonyl (C=O) groups is 1. The molecule has 1 N–H and O–H groups in total. The van der Waals surface area contributed by atoms with Crippen LogP contribution >= 0.6 is 0 Å². The van der Waals surface area contributed by atoms with Crippen molar-refractivity contribution in [2.24, 2.45) is 0 Å². The van der Waals surface area contributed by atoms with E-state index in [0.29, 0.717) is 6.54 Å². The van der Waals surface area contributed by atoms with E-state index < -0.39 is 0 Å². The molecule has 2 heterocycles. The number of benzene rings is 1. The highest BCUT2D eigenvalue weighted by atomic mass is 19.1. The van der Waals surface area contributed by atoms with Crippen LogP contribution in [0.5, 0.6) is 0 Å². The molecule has 3 aromatic rings. The lowest BCUT2D eigenvalue weighted by molar-refractivity contribution is -0.117. The summed E-state index contributed by atoms with van der Waals surface area (Å²) < 4.78 is 16.1. The van der Waals surface area contributed by atoms with Gasteiger partial charge >= 0.3 is 0 Å². The van der Waals surface area contributed by atoms with Gasteiger partial charge in [-0.15, -0.1) is 5.10 Å². The molecule has 124 valence electrons. The molecule has 0 atom stereocenters. The lowest BCUT2D eigenvalue weighted by Gasteiger charge is -2.04. The second-order valence-corrected chi connectivity index (χ2v) is 5.53. The van der Waals surface area contributed by atoms with Gasteiger partial charge in [0.2, 0.25) is 11.9 Å². The summed E-state index contributed by atoms with van der Waals surface area (Å²) in [5, 5.41) is 11.1. The highest BCUT2D eigenvalue weighted by Gasteiger charge is 2.10. The third kappa shape index (κ3) is 3.83. The van der Waals surface area contributed by atoms with Crippen LogP contribution in [-0.2, 0) is 17.9 Å². The Balaban J connectivity index is 1.60. The maximum atomic E-state index is 12.9. The molecule has 0 unspecified atom stereocenters. The van der Waals surface area contributed by atoms with Gasteiger partial charge in [0.1, 0.15) is 18.7 Å². The minimum Gasteiger partial charge on any atom is -0.292 e. The first-order valence-electron chi connectivity index (χ1n) is 7.44. The topological polar surface area (TPSA) is 77.6 Å². The van der Waals surface area contributed by atoms with E-state index in [4.69, 9.17) is 0 Å². The second kappa shape index (κ2) is 6.61. The fraction of sp³-hybridized carbons (Fsp3) is 0.250. The fourth-order valence-electron chi connectivity index (χ4n) is 2.34. The van der Waals surface area contributed by atoms with Crippen molar-refractivity contribution in [3.63, 3.8) is 0 Å². The number of nitrogens with one attached hydrogen (secondary N) is 1. The number of hydrogen-bond donors (Lipinski definition) is 1. The van der Waals surface area contributed by atoms with Crippen molar-refractivity contribution < 1.29 is 9.18 Å². The van der Waals surface area contributed by atoms with Gasteiger partial charge in [-0.3, -0.25) is 14.8 Å². The molecule has 0 fully saturated rings. The van der Waals surface area contributed by atoms with Crippen LogP contribution in [0.3, 0.4) is 0 Å². The van der Waals surface area contributed by atoms with Crippen molar-refractivity contribution in [3.8, 4) is 0 Å². The molecule has 3 rings (SSSR count). The molecular weight excluding hydrogens is 311 g/mol. The largest absolute Gasteiger partial charge is 0.292 e. The molecule has 1 aromatic carbocycles. The van der Waals surface area contributed by atoms with E-state index in [0.717, 1.165) is 17.0 Å². The third-order valence-electron chi connectivity index (χ3n) is 3.44. The van der Waals surface area contributed by atoms with Crippen molar-refractivity contribution in [1.82, 2.24) is 24.5 Å². The van der Waals surface area contributed by atoms with E-state index in [1.807, 2.05) is 19.9 Å². The van der Waals surface area contributed by atoms with E-state index >= 15 is 0 Å². The zero-order chi connectivity index (χ0) is 17.1. The predicted molar refractivity (Wildman–Crippen MR) is 85.9 cm³/mol. The highest BCUT2D eigenvalue weighted by Crippen LogP contribution is 2.06. The van der Waals surface area contributed by atoms with Crippen molar-refractivity contribution in [1.29, 1.82) is 0 Å². The summed E-state index contributed by atoms with van der Waals surface area (Å²) in [7, 11) is 0. The van der Waals surface area contributed by atoms with E-state index in [2.05, 4.69) is 20.5 Å². The summed E-state index contributed by atoms with van der Waals surface area (Å²) in [6.45, 7) is 4.32. The number of carbonyl (C=O) groups excluding carboxylic acids is 1. The summed E-state index contributed by atoms with van der Waals surface area (Å²) in [4.78, 5) is 16.1. The quantitative estimate of drug-likeness (QED) is 0.776. The van der Waals surface area contributed by atoms with Crippen LogP contribution in [0.4, 0.5) is 10.3 Å². The average Bonchev–Trinajstić information content (AvgIpc) is 3.08. The number of aromatic nitrogens is 5. The number of nitrogens with zero attached hydrogens (tertiary/aromatic N) is 5. The normalized spacial score (nSPS) is 10.8. The van der Waals surface area contributed by atoms with E-state index in [9.17, 15) is 9.18 Å². The number of aryl methyl sites for hydroxylation is 2. The first-order chi connectivity index (χ1) is 11.5. The van der Waals surface area contributed by atoms with Crippen molar-refractivity contribution in [2.45, 2.75) is 26.9 Å². The fourth-order valence-corrected chi connectivity index (χ4v) is 2.34. The molecular formula is C16H17FN6O. The Hall–Kier alpha value is -3.03. The van der Waals surface area contributed by atoms with E-state index in [1.54, 1.807) is 21.5 Å². The van der Waals surface area contributed by atoms with Gasteiger partial charge in [0, 0.05) is 5.69 Å². The number of rotatable bonds is 5.